The Morgan fingerprint density at radius 2 is 2.14 bits per heavy atom. The highest BCUT2D eigenvalue weighted by molar-refractivity contribution is 6.31. The zero-order valence-corrected chi connectivity index (χ0v) is 17.0. The van der Waals surface area contributed by atoms with E-state index in [1.807, 2.05) is 30.2 Å². The zero-order valence-electron chi connectivity index (χ0n) is 16.2. The van der Waals surface area contributed by atoms with Gasteiger partial charge in [-0.15, -0.1) is 5.10 Å². The Labute approximate surface area is 172 Å². The van der Waals surface area contributed by atoms with Crippen molar-refractivity contribution in [3.05, 3.63) is 35.4 Å². The second-order valence-corrected chi connectivity index (χ2v) is 7.77. The first-order chi connectivity index (χ1) is 14.0. The number of nitrogens with zero attached hydrogens (tertiary/aromatic N) is 7. The maximum Gasteiger partial charge on any atom is 0.223 e. The summed E-state index contributed by atoms with van der Waals surface area (Å²) in [6.45, 7) is 1.83. The number of methoxy groups -OCH3 is 1. The van der Waals surface area contributed by atoms with Gasteiger partial charge in [0, 0.05) is 43.3 Å². The molecule has 0 radical (unpaired) electrons. The fraction of sp³-hybridized carbons (Fsp3) is 0.368. The van der Waals surface area contributed by atoms with E-state index in [0.29, 0.717) is 21.9 Å². The fourth-order valence-corrected chi connectivity index (χ4v) is 4.21. The number of rotatable bonds is 3. The minimum absolute atomic E-state index is 0.194. The summed E-state index contributed by atoms with van der Waals surface area (Å²) in [7, 11) is 3.51. The zero-order chi connectivity index (χ0) is 20.1. The van der Waals surface area contributed by atoms with Gasteiger partial charge >= 0.3 is 0 Å². The monoisotopic (exact) mass is 412 g/mol. The van der Waals surface area contributed by atoms with Crippen LogP contribution in [-0.2, 0) is 7.05 Å². The lowest BCUT2D eigenvalue weighted by molar-refractivity contribution is 0.419. The number of hydrogen-bond acceptors (Lipinski definition) is 7. The van der Waals surface area contributed by atoms with E-state index < -0.39 is 0 Å². The summed E-state index contributed by atoms with van der Waals surface area (Å²) in [5, 5.41) is 10.3. The molecule has 4 aromatic rings. The van der Waals surface area contributed by atoms with Crippen molar-refractivity contribution < 1.29 is 4.74 Å². The van der Waals surface area contributed by atoms with Crippen molar-refractivity contribution in [2.45, 2.75) is 18.8 Å². The molecule has 5 rings (SSSR count). The lowest BCUT2D eigenvalue weighted by Gasteiger charge is -2.32. The van der Waals surface area contributed by atoms with Crippen molar-refractivity contribution in [1.82, 2.24) is 29.4 Å². The largest absolute Gasteiger partial charge is 0.494 e. The number of fused-ring (bicyclic) bond motifs is 3. The molecule has 10 heteroatoms. The van der Waals surface area contributed by atoms with Gasteiger partial charge in [-0.25, -0.2) is 9.97 Å². The molecule has 0 bridgehead atoms. The second kappa shape index (κ2) is 6.77. The van der Waals surface area contributed by atoms with Crippen molar-refractivity contribution in [3.8, 4) is 5.75 Å². The molecule has 2 N–H and O–H groups in total. The van der Waals surface area contributed by atoms with Crippen LogP contribution in [0, 0.1) is 0 Å². The van der Waals surface area contributed by atoms with Gasteiger partial charge < -0.3 is 15.4 Å². The Morgan fingerprint density at radius 1 is 1.28 bits per heavy atom. The minimum Gasteiger partial charge on any atom is -0.494 e. The first-order valence-electron chi connectivity index (χ1n) is 9.46. The Kier molecular flexibility index (Phi) is 4.20. The molecule has 29 heavy (non-hydrogen) atoms. The molecule has 1 aromatic carbocycles. The molecule has 0 saturated carbocycles. The van der Waals surface area contributed by atoms with Crippen LogP contribution >= 0.6 is 11.6 Å². The number of aromatic nitrogens is 6. The third-order valence-corrected chi connectivity index (χ3v) is 5.63. The van der Waals surface area contributed by atoms with E-state index >= 15 is 0 Å². The minimum atomic E-state index is 0.194. The van der Waals surface area contributed by atoms with Crippen molar-refractivity contribution in [2.75, 3.05) is 30.8 Å². The van der Waals surface area contributed by atoms with Gasteiger partial charge in [-0.3, -0.25) is 4.68 Å². The average molecular weight is 413 g/mol. The van der Waals surface area contributed by atoms with Crippen LogP contribution < -0.4 is 15.4 Å². The maximum atomic E-state index is 6.28. The summed E-state index contributed by atoms with van der Waals surface area (Å²) < 4.78 is 8.84. The van der Waals surface area contributed by atoms with Gasteiger partial charge in [0.25, 0.3) is 0 Å². The molecule has 9 nitrogen and oxygen atoms in total. The number of piperidine rings is 1. The molecule has 1 aliphatic rings. The molecule has 4 heterocycles. The summed E-state index contributed by atoms with van der Waals surface area (Å²) in [4.78, 5) is 11.6. The summed E-state index contributed by atoms with van der Waals surface area (Å²) in [5.74, 6) is 1.79. The number of halogens is 1. The van der Waals surface area contributed by atoms with E-state index in [0.717, 1.165) is 42.8 Å². The van der Waals surface area contributed by atoms with Crippen LogP contribution in [0.4, 0.5) is 11.6 Å². The lowest BCUT2D eigenvalue weighted by atomic mass is 9.97. The molecule has 1 saturated heterocycles. The number of ether oxygens (including phenoxy) is 1. The first-order valence-corrected chi connectivity index (χ1v) is 9.84. The number of hydrogen-bond donors (Lipinski definition) is 1. The van der Waals surface area contributed by atoms with E-state index in [1.54, 1.807) is 17.7 Å². The Bertz CT molecular complexity index is 1220. The third kappa shape index (κ3) is 3.02. The van der Waals surface area contributed by atoms with Gasteiger partial charge in [-0.1, -0.05) is 11.6 Å². The fourth-order valence-electron chi connectivity index (χ4n) is 4.01. The highest BCUT2D eigenvalue weighted by atomic mass is 35.5. The van der Waals surface area contributed by atoms with Crippen LogP contribution in [0.1, 0.15) is 24.6 Å². The lowest BCUT2D eigenvalue weighted by Crippen LogP contribution is -2.34. The number of benzene rings is 1. The first kappa shape index (κ1) is 18.0. The smallest absolute Gasteiger partial charge is 0.223 e. The van der Waals surface area contributed by atoms with Gasteiger partial charge in [-0.05, 0) is 18.9 Å². The molecule has 0 spiro atoms. The van der Waals surface area contributed by atoms with Gasteiger partial charge in [0.15, 0.2) is 11.5 Å². The standard InChI is InChI=1S/C19H21ClN8O/c1-26-10-13(8-22-26)27-5-3-4-11(9-27)17-24-18-14-6-12(20)7-15(29-2)16(14)23-19(21)28(18)25-17/h6-8,10-11H,3-5,9H2,1-2H3,(H2,21,23). The van der Waals surface area contributed by atoms with Gasteiger partial charge in [0.2, 0.25) is 5.95 Å². The second-order valence-electron chi connectivity index (χ2n) is 7.34. The number of nitrogen functional groups attached to an aromatic ring is 1. The summed E-state index contributed by atoms with van der Waals surface area (Å²) in [5.41, 5.74) is 8.57. The normalized spacial score (nSPS) is 17.3. The number of nitrogens with two attached hydrogens (primary N) is 1. The highest BCUT2D eigenvalue weighted by Crippen LogP contribution is 2.33. The van der Waals surface area contributed by atoms with Crippen molar-refractivity contribution in [3.63, 3.8) is 0 Å². The summed E-state index contributed by atoms with van der Waals surface area (Å²) in [6, 6.07) is 3.54. The van der Waals surface area contributed by atoms with Crippen LogP contribution in [0.25, 0.3) is 16.6 Å². The Morgan fingerprint density at radius 3 is 2.90 bits per heavy atom. The quantitative estimate of drug-likeness (QED) is 0.552. The summed E-state index contributed by atoms with van der Waals surface area (Å²) >= 11 is 6.28. The predicted molar refractivity (Wildman–Crippen MR) is 112 cm³/mol. The Balaban J connectivity index is 1.58. The molecule has 3 aromatic heterocycles. The van der Waals surface area contributed by atoms with Gasteiger partial charge in [0.1, 0.15) is 11.3 Å². The van der Waals surface area contributed by atoms with Crippen LogP contribution in [0.3, 0.4) is 0 Å². The van der Waals surface area contributed by atoms with E-state index in [-0.39, 0.29) is 11.9 Å². The molecule has 1 fully saturated rings. The maximum absolute atomic E-state index is 6.28. The third-order valence-electron chi connectivity index (χ3n) is 5.41. The van der Waals surface area contributed by atoms with Crippen LogP contribution in [0.5, 0.6) is 5.75 Å². The topological polar surface area (TPSA) is 99.4 Å². The average Bonchev–Trinajstić information content (AvgIpc) is 3.36. The molecular formula is C19H21ClN8O. The van der Waals surface area contributed by atoms with Crippen molar-refractivity contribution in [2.24, 2.45) is 7.05 Å². The van der Waals surface area contributed by atoms with E-state index in [2.05, 4.69) is 15.0 Å². The van der Waals surface area contributed by atoms with Gasteiger partial charge in [0.05, 0.1) is 24.4 Å². The van der Waals surface area contributed by atoms with Gasteiger partial charge in [-0.2, -0.15) is 9.61 Å². The summed E-state index contributed by atoms with van der Waals surface area (Å²) in [6.07, 6.45) is 6.00. The van der Waals surface area contributed by atoms with Crippen molar-refractivity contribution >= 4 is 39.8 Å². The molecule has 150 valence electrons. The number of aryl methyl sites for hydroxylation is 1. The van der Waals surface area contributed by atoms with Crippen LogP contribution in [0.2, 0.25) is 5.02 Å². The molecule has 1 atom stereocenters. The molecule has 1 aliphatic heterocycles. The predicted octanol–water partition coefficient (Wildman–Crippen LogP) is 2.64. The van der Waals surface area contributed by atoms with E-state index in [4.69, 9.17) is 32.2 Å². The number of anilines is 2. The highest BCUT2D eigenvalue weighted by Gasteiger charge is 2.27. The molecular weight excluding hydrogens is 392 g/mol. The Hall–Kier alpha value is -3.07. The van der Waals surface area contributed by atoms with E-state index in [1.165, 1.54) is 0 Å². The van der Waals surface area contributed by atoms with Crippen LogP contribution in [-0.4, -0.2) is 49.6 Å². The SMILES string of the molecule is COc1cc(Cl)cc2c1nc(N)n1nc(C3CCCN(c4cnn(C)c4)C3)nc21. The molecule has 0 amide bonds. The van der Waals surface area contributed by atoms with E-state index in [9.17, 15) is 0 Å². The van der Waals surface area contributed by atoms with Crippen LogP contribution in [0.15, 0.2) is 24.5 Å². The molecule has 1 unspecified atom stereocenters. The molecule has 0 aliphatic carbocycles. The van der Waals surface area contributed by atoms with Crippen molar-refractivity contribution in [1.29, 1.82) is 0 Å².